The molecule has 2 aliphatic rings. The number of likely N-dealkylation sites (tertiary alicyclic amines) is 1. The van der Waals surface area contributed by atoms with Crippen molar-refractivity contribution in [1.82, 2.24) is 4.90 Å². The number of piperidine rings is 1. The molecule has 2 unspecified atom stereocenters. The fraction of sp³-hybridized carbons (Fsp3) is 1.00. The Morgan fingerprint density at radius 3 is 2.50 bits per heavy atom. The van der Waals surface area contributed by atoms with E-state index in [2.05, 4.69) is 18.7 Å². The molecule has 0 spiro atoms. The van der Waals surface area contributed by atoms with Gasteiger partial charge < -0.3 is 10.0 Å². The second-order valence-electron chi connectivity index (χ2n) is 6.65. The summed E-state index contributed by atoms with van der Waals surface area (Å²) in [6.07, 6.45) is 7.22. The Morgan fingerprint density at radius 2 is 1.81 bits per heavy atom. The minimum Gasteiger partial charge on any atom is -0.396 e. The van der Waals surface area contributed by atoms with Gasteiger partial charge in [0.2, 0.25) is 0 Å². The van der Waals surface area contributed by atoms with Crippen LogP contribution in [0.2, 0.25) is 0 Å². The Bertz CT molecular complexity index is 227. The van der Waals surface area contributed by atoms with Gasteiger partial charge >= 0.3 is 0 Å². The molecule has 2 nitrogen and oxygen atoms in total. The summed E-state index contributed by atoms with van der Waals surface area (Å²) in [4.78, 5) is 2.59. The molecule has 2 atom stereocenters. The summed E-state index contributed by atoms with van der Waals surface area (Å²) >= 11 is 0. The summed E-state index contributed by atoms with van der Waals surface area (Å²) < 4.78 is 0. The summed E-state index contributed by atoms with van der Waals surface area (Å²) in [5.74, 6) is 1.97. The highest BCUT2D eigenvalue weighted by Crippen LogP contribution is 2.36. The molecular formula is C14H27NO. The van der Waals surface area contributed by atoms with Crippen molar-refractivity contribution in [3.05, 3.63) is 0 Å². The van der Waals surface area contributed by atoms with Gasteiger partial charge in [-0.1, -0.05) is 33.1 Å². The molecule has 0 aromatic heterocycles. The van der Waals surface area contributed by atoms with Crippen molar-refractivity contribution in [2.45, 2.75) is 46.0 Å². The number of fused-ring (bicyclic) bond motifs is 1. The maximum absolute atomic E-state index is 9.33. The topological polar surface area (TPSA) is 23.5 Å². The number of hydrogen-bond donors (Lipinski definition) is 1. The maximum atomic E-state index is 9.33. The molecule has 1 aliphatic carbocycles. The van der Waals surface area contributed by atoms with Crippen LogP contribution < -0.4 is 0 Å². The Labute approximate surface area is 100 Å². The summed E-state index contributed by atoms with van der Waals surface area (Å²) in [6, 6.07) is 0. The van der Waals surface area contributed by atoms with Crippen LogP contribution in [0.25, 0.3) is 0 Å². The molecule has 1 heterocycles. The lowest BCUT2D eigenvalue weighted by Gasteiger charge is -2.43. The predicted octanol–water partition coefficient (Wildman–Crippen LogP) is 2.52. The fourth-order valence-electron chi connectivity index (χ4n) is 3.48. The van der Waals surface area contributed by atoms with Gasteiger partial charge in [-0.25, -0.2) is 0 Å². The minimum atomic E-state index is 0.0709. The molecule has 0 amide bonds. The summed E-state index contributed by atoms with van der Waals surface area (Å²) in [5.41, 5.74) is 0.0709. The average Bonchev–Trinajstić information content (AvgIpc) is 2.28. The third-order valence-corrected chi connectivity index (χ3v) is 4.45. The normalized spacial score (nSPS) is 32.4. The van der Waals surface area contributed by atoms with E-state index in [1.54, 1.807) is 0 Å². The summed E-state index contributed by atoms with van der Waals surface area (Å²) in [6.45, 7) is 8.24. The SMILES string of the molecule is CC(C)(CO)CN1CCC2CCCCC2C1. The molecular weight excluding hydrogens is 198 g/mol. The molecule has 1 aliphatic heterocycles. The largest absolute Gasteiger partial charge is 0.396 e. The molecule has 1 N–H and O–H groups in total. The number of aliphatic hydroxyl groups is 1. The van der Waals surface area contributed by atoms with E-state index in [-0.39, 0.29) is 5.41 Å². The van der Waals surface area contributed by atoms with Crippen molar-refractivity contribution in [2.75, 3.05) is 26.2 Å². The van der Waals surface area contributed by atoms with Gasteiger partial charge in [0, 0.05) is 25.1 Å². The van der Waals surface area contributed by atoms with E-state index < -0.39 is 0 Å². The lowest BCUT2D eigenvalue weighted by atomic mass is 9.75. The molecule has 0 aromatic rings. The van der Waals surface area contributed by atoms with Crippen LogP contribution in [-0.2, 0) is 0 Å². The van der Waals surface area contributed by atoms with Gasteiger partial charge in [-0.15, -0.1) is 0 Å². The Balaban J connectivity index is 1.85. The molecule has 0 bridgehead atoms. The highest BCUT2D eigenvalue weighted by Gasteiger charge is 2.32. The van der Waals surface area contributed by atoms with E-state index in [9.17, 15) is 5.11 Å². The first-order valence-corrected chi connectivity index (χ1v) is 6.94. The zero-order chi connectivity index (χ0) is 11.6. The third-order valence-electron chi connectivity index (χ3n) is 4.45. The lowest BCUT2D eigenvalue weighted by Crippen LogP contribution is -2.46. The monoisotopic (exact) mass is 225 g/mol. The number of hydrogen-bond acceptors (Lipinski definition) is 2. The van der Waals surface area contributed by atoms with Crippen molar-refractivity contribution in [3.63, 3.8) is 0 Å². The first-order chi connectivity index (χ1) is 7.61. The van der Waals surface area contributed by atoms with Crippen LogP contribution in [0, 0.1) is 17.3 Å². The molecule has 16 heavy (non-hydrogen) atoms. The Kier molecular flexibility index (Phi) is 3.91. The lowest BCUT2D eigenvalue weighted by molar-refractivity contribution is 0.0410. The van der Waals surface area contributed by atoms with Crippen LogP contribution in [0.1, 0.15) is 46.0 Å². The van der Waals surface area contributed by atoms with Crippen LogP contribution >= 0.6 is 0 Å². The van der Waals surface area contributed by atoms with Gasteiger partial charge in [0.1, 0.15) is 0 Å². The number of rotatable bonds is 3. The van der Waals surface area contributed by atoms with Gasteiger partial charge in [-0.2, -0.15) is 0 Å². The first kappa shape index (κ1) is 12.4. The first-order valence-electron chi connectivity index (χ1n) is 6.94. The van der Waals surface area contributed by atoms with Crippen molar-refractivity contribution < 1.29 is 5.11 Å². The van der Waals surface area contributed by atoms with Crippen LogP contribution in [0.3, 0.4) is 0 Å². The summed E-state index contributed by atoms with van der Waals surface area (Å²) in [5, 5.41) is 9.33. The van der Waals surface area contributed by atoms with Crippen molar-refractivity contribution in [2.24, 2.45) is 17.3 Å². The number of nitrogens with zero attached hydrogens (tertiary/aromatic N) is 1. The standard InChI is InChI=1S/C14H27NO/c1-14(2,11-16)10-15-8-7-12-5-3-4-6-13(12)9-15/h12-13,16H,3-11H2,1-2H3. The smallest absolute Gasteiger partial charge is 0.0494 e. The van der Waals surface area contributed by atoms with Gasteiger partial charge in [-0.05, 0) is 31.2 Å². The molecule has 0 aromatic carbocycles. The third kappa shape index (κ3) is 2.98. The van der Waals surface area contributed by atoms with Crippen LogP contribution in [0.5, 0.6) is 0 Å². The highest BCUT2D eigenvalue weighted by atomic mass is 16.3. The van der Waals surface area contributed by atoms with E-state index in [1.165, 1.54) is 45.2 Å². The predicted molar refractivity (Wildman–Crippen MR) is 67.4 cm³/mol. The highest BCUT2D eigenvalue weighted by molar-refractivity contribution is 4.85. The molecule has 1 saturated carbocycles. The molecule has 2 heteroatoms. The van der Waals surface area contributed by atoms with Crippen LogP contribution in [0.15, 0.2) is 0 Å². The average molecular weight is 225 g/mol. The molecule has 1 saturated heterocycles. The van der Waals surface area contributed by atoms with E-state index in [0.717, 1.165) is 18.4 Å². The Morgan fingerprint density at radius 1 is 1.12 bits per heavy atom. The molecule has 0 radical (unpaired) electrons. The molecule has 94 valence electrons. The van der Waals surface area contributed by atoms with Crippen molar-refractivity contribution >= 4 is 0 Å². The molecule has 2 fully saturated rings. The second-order valence-corrected chi connectivity index (χ2v) is 6.65. The number of aliphatic hydroxyl groups excluding tert-OH is 1. The zero-order valence-corrected chi connectivity index (χ0v) is 10.9. The van der Waals surface area contributed by atoms with Gasteiger partial charge in [0.05, 0.1) is 0 Å². The molecule has 2 rings (SSSR count). The van der Waals surface area contributed by atoms with E-state index in [1.807, 2.05) is 0 Å². The van der Waals surface area contributed by atoms with Gasteiger partial charge in [-0.3, -0.25) is 0 Å². The quantitative estimate of drug-likeness (QED) is 0.798. The van der Waals surface area contributed by atoms with Crippen molar-refractivity contribution in [3.8, 4) is 0 Å². The Hall–Kier alpha value is -0.0800. The van der Waals surface area contributed by atoms with E-state index in [4.69, 9.17) is 0 Å². The van der Waals surface area contributed by atoms with E-state index in [0.29, 0.717) is 6.61 Å². The minimum absolute atomic E-state index is 0.0709. The fourth-order valence-corrected chi connectivity index (χ4v) is 3.48. The van der Waals surface area contributed by atoms with Crippen molar-refractivity contribution in [1.29, 1.82) is 0 Å². The summed E-state index contributed by atoms with van der Waals surface area (Å²) in [7, 11) is 0. The van der Waals surface area contributed by atoms with Crippen LogP contribution in [-0.4, -0.2) is 36.2 Å². The van der Waals surface area contributed by atoms with Crippen LogP contribution in [0.4, 0.5) is 0 Å². The van der Waals surface area contributed by atoms with Gasteiger partial charge in [0.25, 0.3) is 0 Å². The van der Waals surface area contributed by atoms with Gasteiger partial charge in [0.15, 0.2) is 0 Å². The zero-order valence-electron chi connectivity index (χ0n) is 10.9. The maximum Gasteiger partial charge on any atom is 0.0494 e. The second kappa shape index (κ2) is 5.05. The van der Waals surface area contributed by atoms with E-state index >= 15 is 0 Å².